The summed E-state index contributed by atoms with van der Waals surface area (Å²) < 4.78 is 43.7. The maximum atomic E-state index is 12.9. The summed E-state index contributed by atoms with van der Waals surface area (Å²) in [7, 11) is 0. The molecule has 0 amide bonds. The molecule has 0 saturated heterocycles. The minimum absolute atomic E-state index is 0.121. The Hall–Kier alpha value is -1.83. The molecule has 0 fully saturated rings. The summed E-state index contributed by atoms with van der Waals surface area (Å²) in [5.74, 6) is -0.465. The van der Waals surface area contributed by atoms with Crippen LogP contribution in [0.1, 0.15) is 25.8 Å². The molecule has 0 bridgehead atoms. The molecule has 20 heavy (non-hydrogen) atoms. The van der Waals surface area contributed by atoms with E-state index in [4.69, 9.17) is 10.5 Å². The summed E-state index contributed by atoms with van der Waals surface area (Å²) in [4.78, 5) is 9.64. The lowest BCUT2D eigenvalue weighted by molar-refractivity contribution is -0.385. The molecule has 0 heterocycles. The van der Waals surface area contributed by atoms with Crippen LogP contribution in [-0.4, -0.2) is 17.1 Å². The molecule has 0 aliphatic rings. The highest BCUT2D eigenvalue weighted by atomic mass is 19.4. The Morgan fingerprint density at radius 2 is 2.00 bits per heavy atom. The Labute approximate surface area is 113 Å². The number of alkyl halides is 3. The van der Waals surface area contributed by atoms with E-state index in [2.05, 4.69) is 0 Å². The molecule has 1 atom stereocenters. The molecule has 1 aromatic rings. The van der Waals surface area contributed by atoms with Crippen LogP contribution in [0.5, 0.6) is 5.75 Å². The molecule has 1 unspecified atom stereocenters. The highest BCUT2D eigenvalue weighted by Crippen LogP contribution is 2.38. The lowest BCUT2D eigenvalue weighted by atomic mass is 10.0. The van der Waals surface area contributed by atoms with Gasteiger partial charge in [-0.2, -0.15) is 13.2 Å². The number of halogens is 3. The zero-order valence-electron chi connectivity index (χ0n) is 11.0. The van der Waals surface area contributed by atoms with Crippen LogP contribution in [0, 0.1) is 10.1 Å². The van der Waals surface area contributed by atoms with Gasteiger partial charge in [0.05, 0.1) is 4.92 Å². The molecule has 0 aliphatic carbocycles. The van der Waals surface area contributed by atoms with E-state index in [1.54, 1.807) is 13.8 Å². The van der Waals surface area contributed by atoms with Crippen LogP contribution in [-0.2, 0) is 6.18 Å². The van der Waals surface area contributed by atoms with Crippen molar-refractivity contribution in [2.45, 2.75) is 32.0 Å². The summed E-state index contributed by atoms with van der Waals surface area (Å²) in [6, 6.07) is 2.35. The van der Waals surface area contributed by atoms with Crippen molar-refractivity contribution < 1.29 is 22.8 Å². The largest absolute Gasteiger partial charge is 0.491 e. The number of nitro benzene ring substituents is 1. The highest BCUT2D eigenvalue weighted by Gasteiger charge is 2.36. The van der Waals surface area contributed by atoms with E-state index in [9.17, 15) is 23.3 Å². The van der Waals surface area contributed by atoms with Gasteiger partial charge in [0.25, 0.3) is 5.69 Å². The van der Waals surface area contributed by atoms with E-state index < -0.39 is 33.6 Å². The summed E-state index contributed by atoms with van der Waals surface area (Å²) in [6.07, 6.45) is -4.22. The second kappa shape index (κ2) is 5.66. The van der Waals surface area contributed by atoms with E-state index in [1.165, 1.54) is 0 Å². The number of hydrogen-bond acceptors (Lipinski definition) is 4. The number of nitrogens with zero attached hydrogens (tertiary/aromatic N) is 1. The van der Waals surface area contributed by atoms with E-state index in [0.29, 0.717) is 12.5 Å². The van der Waals surface area contributed by atoms with Crippen molar-refractivity contribution in [1.29, 1.82) is 0 Å². The molecule has 0 aliphatic heterocycles. The Morgan fingerprint density at radius 1 is 1.40 bits per heavy atom. The fraction of sp³-hybridized carbons (Fsp3) is 0.500. The van der Waals surface area contributed by atoms with Crippen LogP contribution in [0.4, 0.5) is 18.9 Å². The Bertz CT molecular complexity index is 501. The van der Waals surface area contributed by atoms with Crippen LogP contribution >= 0.6 is 0 Å². The standard InChI is InChI=1S/C12H15F3N2O3/c1-3-11(2,16)7-20-10-5-4-8(17(18)19)6-9(10)12(13,14)15/h4-6H,3,7,16H2,1-2H3. The summed E-state index contributed by atoms with van der Waals surface area (Å²) in [6.45, 7) is 3.31. The van der Waals surface area contributed by atoms with Gasteiger partial charge in [0.2, 0.25) is 0 Å². The molecule has 0 spiro atoms. The number of ether oxygens (including phenoxy) is 1. The number of non-ortho nitro benzene ring substituents is 1. The van der Waals surface area contributed by atoms with Crippen LogP contribution < -0.4 is 10.5 Å². The zero-order valence-corrected chi connectivity index (χ0v) is 11.0. The Balaban J connectivity index is 3.10. The van der Waals surface area contributed by atoms with E-state index >= 15 is 0 Å². The van der Waals surface area contributed by atoms with Gasteiger partial charge in [-0.25, -0.2) is 0 Å². The summed E-state index contributed by atoms with van der Waals surface area (Å²) >= 11 is 0. The smallest absolute Gasteiger partial charge is 0.420 e. The number of nitrogens with two attached hydrogens (primary N) is 1. The van der Waals surface area contributed by atoms with Gasteiger partial charge in [-0.15, -0.1) is 0 Å². The van der Waals surface area contributed by atoms with Crippen molar-refractivity contribution in [2.75, 3.05) is 6.61 Å². The first-order valence-corrected chi connectivity index (χ1v) is 5.84. The predicted octanol–water partition coefficient (Wildman–Crippen LogP) is 3.12. The molecule has 1 rings (SSSR count). The topological polar surface area (TPSA) is 78.4 Å². The number of hydrogen-bond donors (Lipinski definition) is 1. The zero-order chi connectivity index (χ0) is 15.6. The summed E-state index contributed by atoms with van der Waals surface area (Å²) in [5, 5.41) is 10.5. The average molecular weight is 292 g/mol. The minimum Gasteiger partial charge on any atom is -0.491 e. The SMILES string of the molecule is CCC(C)(N)COc1ccc([N+](=O)[O-])cc1C(F)(F)F. The van der Waals surface area contributed by atoms with E-state index in [1.807, 2.05) is 0 Å². The van der Waals surface area contributed by atoms with E-state index in [-0.39, 0.29) is 6.61 Å². The van der Waals surface area contributed by atoms with Gasteiger partial charge in [-0.1, -0.05) is 6.92 Å². The number of nitro groups is 1. The molecule has 0 aromatic heterocycles. The van der Waals surface area contributed by atoms with Gasteiger partial charge in [0, 0.05) is 17.7 Å². The van der Waals surface area contributed by atoms with Gasteiger partial charge in [0.15, 0.2) is 0 Å². The molecule has 5 nitrogen and oxygen atoms in total. The van der Waals surface area contributed by atoms with Gasteiger partial charge in [-0.3, -0.25) is 10.1 Å². The normalized spacial score (nSPS) is 14.7. The van der Waals surface area contributed by atoms with Crippen LogP contribution in [0.15, 0.2) is 18.2 Å². The third-order valence-electron chi connectivity index (χ3n) is 2.84. The van der Waals surface area contributed by atoms with Crippen molar-refractivity contribution in [3.05, 3.63) is 33.9 Å². The van der Waals surface area contributed by atoms with Crippen LogP contribution in [0.25, 0.3) is 0 Å². The second-order valence-corrected chi connectivity index (χ2v) is 4.73. The molecule has 0 radical (unpaired) electrons. The maximum absolute atomic E-state index is 12.9. The van der Waals surface area contributed by atoms with Gasteiger partial charge >= 0.3 is 6.18 Å². The first kappa shape index (κ1) is 16.2. The van der Waals surface area contributed by atoms with Gasteiger partial charge < -0.3 is 10.5 Å². The van der Waals surface area contributed by atoms with Crippen molar-refractivity contribution >= 4 is 5.69 Å². The van der Waals surface area contributed by atoms with Gasteiger partial charge in [0.1, 0.15) is 17.9 Å². The van der Waals surface area contributed by atoms with Crippen LogP contribution in [0.3, 0.4) is 0 Å². The first-order valence-electron chi connectivity index (χ1n) is 5.84. The Kier molecular flexibility index (Phi) is 4.59. The minimum atomic E-state index is -4.74. The van der Waals surface area contributed by atoms with Crippen molar-refractivity contribution in [3.63, 3.8) is 0 Å². The third-order valence-corrected chi connectivity index (χ3v) is 2.84. The molecular formula is C12H15F3N2O3. The van der Waals surface area contributed by atoms with Crippen molar-refractivity contribution in [1.82, 2.24) is 0 Å². The highest BCUT2D eigenvalue weighted by molar-refractivity contribution is 5.45. The van der Waals surface area contributed by atoms with Crippen molar-refractivity contribution in [3.8, 4) is 5.75 Å². The fourth-order valence-corrected chi connectivity index (χ4v) is 1.32. The predicted molar refractivity (Wildman–Crippen MR) is 66.5 cm³/mol. The first-order chi connectivity index (χ1) is 9.07. The number of benzene rings is 1. The second-order valence-electron chi connectivity index (χ2n) is 4.73. The number of rotatable bonds is 5. The third kappa shape index (κ3) is 4.09. The van der Waals surface area contributed by atoms with Crippen LogP contribution in [0.2, 0.25) is 0 Å². The monoisotopic (exact) mass is 292 g/mol. The molecule has 8 heteroatoms. The Morgan fingerprint density at radius 3 is 2.45 bits per heavy atom. The summed E-state index contributed by atoms with van der Waals surface area (Å²) in [5.41, 5.74) is 3.19. The van der Waals surface area contributed by atoms with Gasteiger partial charge in [-0.05, 0) is 19.4 Å². The average Bonchev–Trinajstić information content (AvgIpc) is 2.35. The van der Waals surface area contributed by atoms with E-state index in [0.717, 1.165) is 12.1 Å². The maximum Gasteiger partial charge on any atom is 0.420 e. The molecule has 0 saturated carbocycles. The lowest BCUT2D eigenvalue weighted by Gasteiger charge is -2.24. The quantitative estimate of drug-likeness (QED) is 0.668. The molecule has 2 N–H and O–H groups in total. The fourth-order valence-electron chi connectivity index (χ4n) is 1.32. The molecular weight excluding hydrogens is 277 g/mol. The lowest BCUT2D eigenvalue weighted by Crippen LogP contribution is -2.41. The molecule has 1 aromatic carbocycles. The molecule has 112 valence electrons. The van der Waals surface area contributed by atoms with Crippen molar-refractivity contribution in [2.24, 2.45) is 5.73 Å².